The molecule has 0 aliphatic heterocycles. The van der Waals surface area contributed by atoms with E-state index in [1.807, 2.05) is 5.32 Å². The van der Waals surface area contributed by atoms with Gasteiger partial charge in [0.05, 0.1) is 25.2 Å². The van der Waals surface area contributed by atoms with E-state index in [0.29, 0.717) is 0 Å². The van der Waals surface area contributed by atoms with Crippen LogP contribution in [0.2, 0.25) is 0 Å². The lowest BCUT2D eigenvalue weighted by atomic mass is 10.2. The van der Waals surface area contributed by atoms with Gasteiger partial charge in [-0.2, -0.15) is 0 Å². The maximum atomic E-state index is 10.7. The average Bonchev–Trinajstić information content (AvgIpc) is 2.27. The molecule has 0 aliphatic carbocycles. The highest BCUT2D eigenvalue weighted by Gasteiger charge is 2.20. The predicted octanol–water partition coefficient (Wildman–Crippen LogP) is 1.70. The van der Waals surface area contributed by atoms with E-state index in [2.05, 4.69) is 0 Å². The third kappa shape index (κ3) is 2.74. The highest BCUT2D eigenvalue weighted by molar-refractivity contribution is 5.87. The zero-order chi connectivity index (χ0) is 13.0. The van der Waals surface area contributed by atoms with Gasteiger partial charge in [-0.15, -0.1) is 0 Å². The lowest BCUT2D eigenvalue weighted by molar-refractivity contribution is -0.384. The number of hydrogen-bond donors (Lipinski definition) is 2. The van der Waals surface area contributed by atoms with Crippen LogP contribution in [0, 0.1) is 10.1 Å². The molecule has 0 heterocycles. The number of nitrogens with zero attached hydrogens (tertiary/aromatic N) is 1. The number of carbonyl (C=O) groups is 1. The Morgan fingerprint density at radius 2 is 1.88 bits per heavy atom. The van der Waals surface area contributed by atoms with E-state index < -0.39 is 16.7 Å². The molecular formula is C9H10N2O6. The summed E-state index contributed by atoms with van der Waals surface area (Å²) < 4.78 is 9.80. The molecule has 0 spiro atoms. The van der Waals surface area contributed by atoms with Crippen molar-refractivity contribution in [2.75, 3.05) is 19.5 Å². The molecule has 1 amide bonds. The van der Waals surface area contributed by atoms with Gasteiger partial charge in [-0.25, -0.2) is 4.79 Å². The van der Waals surface area contributed by atoms with Crippen molar-refractivity contribution < 1.29 is 24.3 Å². The van der Waals surface area contributed by atoms with E-state index in [1.54, 1.807) is 0 Å². The van der Waals surface area contributed by atoms with Gasteiger partial charge >= 0.3 is 6.09 Å². The molecule has 0 aromatic heterocycles. The quantitative estimate of drug-likeness (QED) is 0.614. The summed E-state index contributed by atoms with van der Waals surface area (Å²) in [4.78, 5) is 20.5. The fourth-order valence-electron chi connectivity index (χ4n) is 1.23. The van der Waals surface area contributed by atoms with Crippen LogP contribution >= 0.6 is 0 Å². The molecule has 0 atom stereocenters. The first-order valence-electron chi connectivity index (χ1n) is 4.40. The number of methoxy groups -OCH3 is 2. The van der Waals surface area contributed by atoms with Gasteiger partial charge in [0.1, 0.15) is 5.69 Å². The smallest absolute Gasteiger partial charge is 0.409 e. The monoisotopic (exact) mass is 242 g/mol. The van der Waals surface area contributed by atoms with E-state index >= 15 is 0 Å². The summed E-state index contributed by atoms with van der Waals surface area (Å²) in [5, 5.41) is 21.2. The van der Waals surface area contributed by atoms with Crippen LogP contribution in [0.25, 0.3) is 0 Å². The summed E-state index contributed by atoms with van der Waals surface area (Å²) in [6, 6.07) is 2.27. The molecule has 2 N–H and O–H groups in total. The molecule has 0 bridgehead atoms. The van der Waals surface area contributed by atoms with Gasteiger partial charge in [0.25, 0.3) is 5.69 Å². The molecule has 1 aromatic carbocycles. The molecule has 8 nitrogen and oxygen atoms in total. The lowest BCUT2D eigenvalue weighted by Crippen LogP contribution is -2.09. The summed E-state index contributed by atoms with van der Waals surface area (Å²) in [5.74, 6) is 0.344. The third-order valence-corrected chi connectivity index (χ3v) is 1.94. The van der Waals surface area contributed by atoms with Crippen molar-refractivity contribution in [3.8, 4) is 11.5 Å². The second-order valence-corrected chi connectivity index (χ2v) is 2.91. The number of carboxylic acid groups (broad SMARTS) is 1. The van der Waals surface area contributed by atoms with Crippen LogP contribution in [0.1, 0.15) is 0 Å². The van der Waals surface area contributed by atoms with E-state index in [0.717, 1.165) is 6.07 Å². The van der Waals surface area contributed by atoms with E-state index in [-0.39, 0.29) is 17.2 Å². The second-order valence-electron chi connectivity index (χ2n) is 2.91. The number of hydrogen-bond acceptors (Lipinski definition) is 5. The van der Waals surface area contributed by atoms with Crippen LogP contribution in [0.5, 0.6) is 11.5 Å². The van der Waals surface area contributed by atoms with Gasteiger partial charge in [-0.1, -0.05) is 0 Å². The van der Waals surface area contributed by atoms with E-state index in [9.17, 15) is 14.9 Å². The summed E-state index contributed by atoms with van der Waals surface area (Å²) in [6.07, 6.45) is -1.40. The Morgan fingerprint density at radius 1 is 1.35 bits per heavy atom. The molecule has 1 aromatic rings. The Labute approximate surface area is 95.9 Å². The highest BCUT2D eigenvalue weighted by Crippen LogP contribution is 2.37. The molecule has 1 rings (SSSR count). The molecule has 92 valence electrons. The van der Waals surface area contributed by atoms with Crippen LogP contribution in [0.3, 0.4) is 0 Å². The van der Waals surface area contributed by atoms with Crippen molar-refractivity contribution in [2.24, 2.45) is 0 Å². The van der Waals surface area contributed by atoms with Crippen molar-refractivity contribution in [2.45, 2.75) is 0 Å². The highest BCUT2D eigenvalue weighted by atomic mass is 16.6. The van der Waals surface area contributed by atoms with Gasteiger partial charge in [0, 0.05) is 6.07 Å². The fraction of sp³-hybridized carbons (Fsp3) is 0.222. The molecule has 0 aliphatic rings. The molecule has 8 heteroatoms. The largest absolute Gasteiger partial charge is 0.493 e. The summed E-state index contributed by atoms with van der Waals surface area (Å²) >= 11 is 0. The molecular weight excluding hydrogens is 232 g/mol. The van der Waals surface area contributed by atoms with Crippen molar-refractivity contribution >= 4 is 17.5 Å². The van der Waals surface area contributed by atoms with Gasteiger partial charge < -0.3 is 14.6 Å². The number of nitrogens with one attached hydrogen (secondary N) is 1. The molecule has 0 saturated heterocycles. The Hall–Kier alpha value is -2.51. The average molecular weight is 242 g/mol. The minimum atomic E-state index is -1.40. The van der Waals surface area contributed by atoms with Crippen LogP contribution in [0.4, 0.5) is 16.2 Å². The van der Waals surface area contributed by atoms with Gasteiger partial charge in [-0.05, 0) is 0 Å². The number of rotatable bonds is 4. The molecule has 0 saturated carbocycles. The Kier molecular flexibility index (Phi) is 3.70. The lowest BCUT2D eigenvalue weighted by Gasteiger charge is -2.09. The predicted molar refractivity (Wildman–Crippen MR) is 57.8 cm³/mol. The first-order chi connectivity index (χ1) is 7.99. The molecule has 0 fully saturated rings. The Balaban J connectivity index is 3.34. The number of anilines is 1. The minimum Gasteiger partial charge on any atom is -0.493 e. The molecule has 0 radical (unpaired) electrons. The summed E-state index contributed by atoms with van der Waals surface area (Å²) in [6.45, 7) is 0. The number of ether oxygens (including phenoxy) is 2. The number of nitro benzene ring substituents is 1. The third-order valence-electron chi connectivity index (χ3n) is 1.94. The zero-order valence-corrected chi connectivity index (χ0v) is 9.09. The second kappa shape index (κ2) is 5.01. The topological polar surface area (TPSA) is 111 Å². The first kappa shape index (κ1) is 12.6. The van der Waals surface area contributed by atoms with Crippen LogP contribution < -0.4 is 14.8 Å². The van der Waals surface area contributed by atoms with Gasteiger partial charge in [-0.3, -0.25) is 15.4 Å². The van der Waals surface area contributed by atoms with Gasteiger partial charge in [0.15, 0.2) is 11.5 Å². The van der Waals surface area contributed by atoms with Crippen LogP contribution in [-0.2, 0) is 0 Å². The number of benzene rings is 1. The fourth-order valence-corrected chi connectivity index (χ4v) is 1.23. The Bertz CT molecular complexity index is 459. The normalized spacial score (nSPS) is 9.53. The van der Waals surface area contributed by atoms with Crippen molar-refractivity contribution in [1.82, 2.24) is 0 Å². The Morgan fingerprint density at radius 3 is 2.29 bits per heavy atom. The standard InChI is InChI=1S/C9H10N2O6/c1-16-7-3-5(10-9(12)13)6(11(14)15)4-8(7)17-2/h3-4,10H,1-2H3,(H,12,13). The molecule has 17 heavy (non-hydrogen) atoms. The minimum absolute atomic E-state index is 0.148. The van der Waals surface area contributed by atoms with Crippen molar-refractivity contribution in [3.05, 3.63) is 22.2 Å². The summed E-state index contributed by atoms with van der Waals surface area (Å²) in [7, 11) is 2.67. The number of nitro groups is 1. The van der Waals surface area contributed by atoms with Crippen LogP contribution in [0.15, 0.2) is 12.1 Å². The van der Waals surface area contributed by atoms with E-state index in [1.165, 1.54) is 20.3 Å². The van der Waals surface area contributed by atoms with E-state index in [4.69, 9.17) is 14.6 Å². The van der Waals surface area contributed by atoms with Crippen molar-refractivity contribution in [1.29, 1.82) is 0 Å². The number of amides is 1. The SMILES string of the molecule is COc1cc(NC(=O)O)c([N+](=O)[O-])cc1OC. The van der Waals surface area contributed by atoms with Crippen molar-refractivity contribution in [3.63, 3.8) is 0 Å². The maximum Gasteiger partial charge on any atom is 0.409 e. The zero-order valence-electron chi connectivity index (χ0n) is 9.09. The van der Waals surface area contributed by atoms with Gasteiger partial charge in [0.2, 0.25) is 0 Å². The van der Waals surface area contributed by atoms with Crippen LogP contribution in [-0.4, -0.2) is 30.3 Å². The maximum absolute atomic E-state index is 10.7. The first-order valence-corrected chi connectivity index (χ1v) is 4.40. The molecule has 0 unspecified atom stereocenters. The summed E-state index contributed by atoms with van der Waals surface area (Å²) in [5.41, 5.74) is -0.592.